The lowest BCUT2D eigenvalue weighted by Gasteiger charge is -2.14. The number of alkyl halides is 3. The third-order valence-corrected chi connectivity index (χ3v) is 4.50. The highest BCUT2D eigenvalue weighted by atomic mass is 19.4. The number of hydrogen-bond acceptors (Lipinski definition) is 2. The minimum atomic E-state index is -4.39. The Balaban J connectivity index is 1.65. The van der Waals surface area contributed by atoms with E-state index in [-0.39, 0.29) is 35.8 Å². The molecule has 1 saturated heterocycles. The molecule has 1 aliphatic heterocycles. The minimum absolute atomic E-state index is 0.0834. The predicted octanol–water partition coefficient (Wildman–Crippen LogP) is 2.16. The third kappa shape index (κ3) is 3.18. The van der Waals surface area contributed by atoms with Crippen molar-refractivity contribution >= 4 is 11.8 Å². The monoisotopic (exact) mass is 326 g/mol. The van der Waals surface area contributed by atoms with Gasteiger partial charge in [-0.2, -0.15) is 13.2 Å². The van der Waals surface area contributed by atoms with E-state index in [4.69, 9.17) is 0 Å². The lowest BCUT2D eigenvalue weighted by Crippen LogP contribution is -2.34. The molecule has 0 spiro atoms. The number of rotatable bonds is 3. The van der Waals surface area contributed by atoms with Gasteiger partial charge in [-0.1, -0.05) is 18.2 Å². The van der Waals surface area contributed by atoms with Crippen LogP contribution in [0.3, 0.4) is 0 Å². The van der Waals surface area contributed by atoms with Gasteiger partial charge in [0.1, 0.15) is 0 Å². The Bertz CT molecular complexity index is 644. The number of hydrogen-bond donors (Lipinski definition) is 1. The van der Waals surface area contributed by atoms with Gasteiger partial charge in [-0.15, -0.1) is 0 Å². The van der Waals surface area contributed by atoms with E-state index in [1.807, 2.05) is 0 Å². The molecule has 1 N–H and O–H groups in total. The summed E-state index contributed by atoms with van der Waals surface area (Å²) in [5.74, 6) is -1.06. The number of carbonyl (C=O) groups excluding carboxylic acids is 2. The van der Waals surface area contributed by atoms with Gasteiger partial charge < -0.3 is 10.2 Å². The quantitative estimate of drug-likeness (QED) is 0.925. The van der Waals surface area contributed by atoms with Crippen molar-refractivity contribution in [1.82, 2.24) is 10.2 Å². The summed E-state index contributed by atoms with van der Waals surface area (Å²) >= 11 is 0. The van der Waals surface area contributed by atoms with Gasteiger partial charge in [0.2, 0.25) is 11.8 Å². The summed E-state index contributed by atoms with van der Waals surface area (Å²) in [5.41, 5.74) is -0.414. The summed E-state index contributed by atoms with van der Waals surface area (Å²) in [4.78, 5) is 25.1. The number of carbonyl (C=O) groups is 2. The molecule has 23 heavy (non-hydrogen) atoms. The summed E-state index contributed by atoms with van der Waals surface area (Å²) in [6.07, 6.45) is -3.73. The smallest absolute Gasteiger partial charge is 0.352 e. The lowest BCUT2D eigenvalue weighted by molar-refractivity contribution is -0.138. The first-order chi connectivity index (χ1) is 10.8. The van der Waals surface area contributed by atoms with E-state index < -0.39 is 17.7 Å². The summed E-state index contributed by atoms with van der Waals surface area (Å²) in [6.45, 7) is 0.362. The molecule has 1 aromatic rings. The molecule has 0 aromatic heterocycles. The lowest BCUT2D eigenvalue weighted by atomic mass is 10.0. The fourth-order valence-electron chi connectivity index (χ4n) is 3.12. The van der Waals surface area contributed by atoms with E-state index in [9.17, 15) is 22.8 Å². The van der Waals surface area contributed by atoms with Gasteiger partial charge in [-0.3, -0.25) is 9.59 Å². The number of nitrogens with zero attached hydrogens (tertiary/aromatic N) is 1. The summed E-state index contributed by atoms with van der Waals surface area (Å²) < 4.78 is 39.1. The van der Waals surface area contributed by atoms with Crippen molar-refractivity contribution in [3.05, 3.63) is 35.4 Å². The molecular formula is C16H17F3N2O2. The number of amides is 2. The van der Waals surface area contributed by atoms with Crippen LogP contribution in [-0.2, 0) is 15.8 Å². The van der Waals surface area contributed by atoms with Crippen LogP contribution in [0.5, 0.6) is 0 Å². The Morgan fingerprint density at radius 2 is 2.00 bits per heavy atom. The van der Waals surface area contributed by atoms with Crippen molar-refractivity contribution in [2.45, 2.75) is 31.0 Å². The SMILES string of the molecule is CN1CC(C(=O)NC2CC2c2ccccc2C(F)(F)F)CC1=O. The van der Waals surface area contributed by atoms with Crippen molar-refractivity contribution in [2.24, 2.45) is 5.92 Å². The first kappa shape index (κ1) is 15.8. The molecule has 1 aromatic carbocycles. The van der Waals surface area contributed by atoms with Crippen LogP contribution in [0.25, 0.3) is 0 Å². The standard InChI is InChI=1S/C16H17F3N2O2/c1-21-8-9(6-14(21)22)15(23)20-13-7-11(13)10-4-2-3-5-12(10)16(17,18)19/h2-5,9,11,13H,6-8H2,1H3,(H,20,23). The summed E-state index contributed by atoms with van der Waals surface area (Å²) in [5, 5.41) is 2.78. The van der Waals surface area contributed by atoms with Crippen LogP contribution in [0.1, 0.15) is 29.9 Å². The highest BCUT2D eigenvalue weighted by Gasteiger charge is 2.46. The molecule has 1 aliphatic carbocycles. The zero-order valence-electron chi connectivity index (χ0n) is 12.6. The van der Waals surface area contributed by atoms with E-state index in [0.29, 0.717) is 13.0 Å². The van der Waals surface area contributed by atoms with Gasteiger partial charge in [-0.25, -0.2) is 0 Å². The number of likely N-dealkylation sites (tertiary alicyclic amines) is 1. The van der Waals surface area contributed by atoms with Gasteiger partial charge in [-0.05, 0) is 18.1 Å². The molecule has 3 rings (SSSR count). The Kier molecular flexibility index (Phi) is 3.82. The van der Waals surface area contributed by atoms with Crippen LogP contribution in [0.2, 0.25) is 0 Å². The van der Waals surface area contributed by atoms with Crippen LogP contribution in [0.4, 0.5) is 13.2 Å². The minimum Gasteiger partial charge on any atom is -0.352 e. The maximum Gasteiger partial charge on any atom is 0.416 e. The van der Waals surface area contributed by atoms with Crippen LogP contribution in [0.15, 0.2) is 24.3 Å². The molecular weight excluding hydrogens is 309 g/mol. The summed E-state index contributed by atoms with van der Waals surface area (Å²) in [6, 6.07) is 5.19. The molecule has 2 amide bonds. The Hall–Kier alpha value is -2.05. The Morgan fingerprint density at radius 1 is 1.30 bits per heavy atom. The average molecular weight is 326 g/mol. The second-order valence-electron chi connectivity index (χ2n) is 6.22. The highest BCUT2D eigenvalue weighted by Crippen LogP contribution is 2.46. The maximum atomic E-state index is 13.0. The first-order valence-corrected chi connectivity index (χ1v) is 7.48. The predicted molar refractivity (Wildman–Crippen MR) is 76.5 cm³/mol. The molecule has 3 atom stereocenters. The van der Waals surface area contributed by atoms with E-state index in [1.54, 1.807) is 13.1 Å². The van der Waals surface area contributed by atoms with Gasteiger partial charge in [0.05, 0.1) is 11.5 Å². The molecule has 2 fully saturated rings. The number of benzene rings is 1. The third-order valence-electron chi connectivity index (χ3n) is 4.50. The zero-order chi connectivity index (χ0) is 16.8. The first-order valence-electron chi connectivity index (χ1n) is 7.48. The second kappa shape index (κ2) is 5.54. The normalized spacial score (nSPS) is 27.2. The van der Waals surface area contributed by atoms with Crippen LogP contribution in [-0.4, -0.2) is 36.3 Å². The number of halogens is 3. The van der Waals surface area contributed by atoms with E-state index >= 15 is 0 Å². The number of nitrogens with one attached hydrogen (secondary N) is 1. The second-order valence-corrected chi connectivity index (χ2v) is 6.22. The van der Waals surface area contributed by atoms with Crippen molar-refractivity contribution in [1.29, 1.82) is 0 Å². The summed E-state index contributed by atoms with van der Waals surface area (Å²) in [7, 11) is 1.63. The van der Waals surface area contributed by atoms with Gasteiger partial charge >= 0.3 is 6.18 Å². The van der Waals surface area contributed by atoms with Crippen LogP contribution < -0.4 is 5.32 Å². The molecule has 1 heterocycles. The van der Waals surface area contributed by atoms with E-state index in [1.165, 1.54) is 17.0 Å². The zero-order valence-corrected chi connectivity index (χ0v) is 12.6. The molecule has 1 saturated carbocycles. The molecule has 124 valence electrons. The van der Waals surface area contributed by atoms with Gasteiger partial charge in [0.15, 0.2) is 0 Å². The van der Waals surface area contributed by atoms with E-state index in [2.05, 4.69) is 5.32 Å². The van der Waals surface area contributed by atoms with Crippen molar-refractivity contribution in [3.8, 4) is 0 Å². The van der Waals surface area contributed by atoms with Crippen molar-refractivity contribution in [2.75, 3.05) is 13.6 Å². The van der Waals surface area contributed by atoms with Gasteiger partial charge in [0, 0.05) is 32.0 Å². The molecule has 2 aliphatic rings. The fraction of sp³-hybridized carbons (Fsp3) is 0.500. The molecule has 0 radical (unpaired) electrons. The Labute approximate surface area is 131 Å². The fourth-order valence-corrected chi connectivity index (χ4v) is 3.12. The van der Waals surface area contributed by atoms with Crippen LogP contribution >= 0.6 is 0 Å². The van der Waals surface area contributed by atoms with E-state index in [0.717, 1.165) is 6.07 Å². The largest absolute Gasteiger partial charge is 0.416 e. The van der Waals surface area contributed by atoms with Gasteiger partial charge in [0.25, 0.3) is 0 Å². The Morgan fingerprint density at radius 3 is 2.61 bits per heavy atom. The highest BCUT2D eigenvalue weighted by molar-refractivity contribution is 5.89. The molecule has 7 heteroatoms. The average Bonchev–Trinajstić information content (AvgIpc) is 3.16. The van der Waals surface area contributed by atoms with Crippen LogP contribution in [0, 0.1) is 5.92 Å². The molecule has 0 bridgehead atoms. The van der Waals surface area contributed by atoms with Crippen molar-refractivity contribution < 1.29 is 22.8 Å². The molecule has 4 nitrogen and oxygen atoms in total. The maximum absolute atomic E-state index is 13.0. The topological polar surface area (TPSA) is 49.4 Å². The molecule has 3 unspecified atom stereocenters. The van der Waals surface area contributed by atoms with Crippen molar-refractivity contribution in [3.63, 3.8) is 0 Å².